The molecule has 82 valence electrons. The van der Waals surface area contributed by atoms with E-state index in [4.69, 9.17) is 4.74 Å². The molecule has 0 saturated heterocycles. The van der Waals surface area contributed by atoms with E-state index in [9.17, 15) is 4.79 Å². The zero-order valence-electron chi connectivity index (χ0n) is 9.00. The third kappa shape index (κ3) is 5.04. The molecule has 0 aromatic rings. The summed E-state index contributed by atoms with van der Waals surface area (Å²) in [4.78, 5) is 10.9. The Balaban J connectivity index is 0. The van der Waals surface area contributed by atoms with E-state index in [2.05, 4.69) is 13.2 Å². The van der Waals surface area contributed by atoms with Crippen LogP contribution >= 0.6 is 0 Å². The van der Waals surface area contributed by atoms with Crippen molar-refractivity contribution < 1.29 is 26.4 Å². The van der Waals surface area contributed by atoms with Gasteiger partial charge in [0.1, 0.15) is 0 Å². The highest BCUT2D eigenvalue weighted by Crippen LogP contribution is 2.07. The van der Waals surface area contributed by atoms with Gasteiger partial charge < -0.3 is 17.1 Å². The molecule has 1 unspecified atom stereocenters. The van der Waals surface area contributed by atoms with E-state index in [1.807, 2.05) is 21.0 Å². The maximum Gasteiger partial charge on any atom is 0.334 e. The number of hydrogen-bond donors (Lipinski definition) is 0. The molecule has 0 aliphatic rings. The molecule has 0 N–H and O–H groups in total. The summed E-state index contributed by atoms with van der Waals surface area (Å²) in [7, 11) is 3.95. The molecule has 0 radical (unpaired) electrons. The molecule has 3 nitrogen and oxygen atoms in total. The zero-order chi connectivity index (χ0) is 10.5. The van der Waals surface area contributed by atoms with Crippen molar-refractivity contribution in [3.63, 3.8) is 0 Å². The predicted octanol–water partition coefficient (Wildman–Crippen LogP) is -1.67. The van der Waals surface area contributed by atoms with Crippen molar-refractivity contribution >= 4 is 5.97 Å². The zero-order valence-corrected chi connectivity index (χ0v) is 9.75. The number of rotatable bonds is 5. The number of carbonyl (C=O) groups excluding carboxylic acids is 1. The van der Waals surface area contributed by atoms with E-state index in [0.717, 1.165) is 6.54 Å². The molecule has 0 amide bonds. The highest BCUT2D eigenvalue weighted by molar-refractivity contribution is 5.81. The Morgan fingerprint density at radius 2 is 2.00 bits per heavy atom. The van der Waals surface area contributed by atoms with Crippen LogP contribution in [0.4, 0.5) is 0 Å². The second-order valence-electron chi connectivity index (χ2n) is 3.49. The van der Waals surface area contributed by atoms with E-state index in [1.165, 1.54) is 6.08 Å². The van der Waals surface area contributed by atoms with Crippen LogP contribution in [0, 0.1) is 0 Å². The molecular weight excluding hydrogens is 202 g/mol. The molecule has 0 aliphatic heterocycles. The van der Waals surface area contributed by atoms with Gasteiger partial charge in [0.2, 0.25) is 6.23 Å². The van der Waals surface area contributed by atoms with Crippen LogP contribution in [0.1, 0.15) is 6.92 Å². The third-order valence-electron chi connectivity index (χ3n) is 2.04. The summed E-state index contributed by atoms with van der Waals surface area (Å²) in [6, 6.07) is 0. The van der Waals surface area contributed by atoms with Gasteiger partial charge in [-0.3, -0.25) is 4.48 Å². The van der Waals surface area contributed by atoms with Gasteiger partial charge in [-0.2, -0.15) is 0 Å². The average Bonchev–Trinajstić information content (AvgIpc) is 2.04. The number of esters is 1. The van der Waals surface area contributed by atoms with E-state index >= 15 is 0 Å². The average molecular weight is 220 g/mol. The van der Waals surface area contributed by atoms with Crippen LogP contribution in [-0.2, 0) is 9.53 Å². The van der Waals surface area contributed by atoms with Crippen molar-refractivity contribution in [2.24, 2.45) is 0 Å². The molecule has 0 spiro atoms. The van der Waals surface area contributed by atoms with Gasteiger partial charge in [0.15, 0.2) is 0 Å². The molecule has 4 heteroatoms. The lowest BCUT2D eigenvalue weighted by molar-refractivity contribution is -0.927. The van der Waals surface area contributed by atoms with Gasteiger partial charge in [-0.05, 0) is 6.08 Å². The van der Waals surface area contributed by atoms with E-state index < -0.39 is 0 Å². The number of hydrogen-bond acceptors (Lipinski definition) is 2. The second-order valence-corrected chi connectivity index (χ2v) is 3.49. The van der Waals surface area contributed by atoms with Crippen LogP contribution in [0.5, 0.6) is 0 Å². The summed E-state index contributed by atoms with van der Waals surface area (Å²) >= 11 is 0. The van der Waals surface area contributed by atoms with Crippen molar-refractivity contribution in [3.05, 3.63) is 25.3 Å². The van der Waals surface area contributed by atoms with Crippen LogP contribution < -0.4 is 12.4 Å². The Kier molecular flexibility index (Phi) is 7.41. The fraction of sp³-hybridized carbons (Fsp3) is 0.500. The van der Waals surface area contributed by atoms with E-state index in [0.29, 0.717) is 4.48 Å². The molecule has 0 rings (SSSR count). The SMILES string of the molecule is C=CC[N+](C)(C)C(C)OC(=O)C=C.[Cl-]. The summed E-state index contributed by atoms with van der Waals surface area (Å²) in [6.45, 7) is 9.60. The lowest BCUT2D eigenvalue weighted by Gasteiger charge is -2.33. The minimum absolute atomic E-state index is 0. The largest absolute Gasteiger partial charge is 1.00 e. The Labute approximate surface area is 92.0 Å². The first-order valence-corrected chi connectivity index (χ1v) is 4.20. The number of carbonyl (C=O) groups is 1. The molecule has 0 aromatic heterocycles. The van der Waals surface area contributed by atoms with Crippen molar-refractivity contribution in [2.45, 2.75) is 13.2 Å². The normalized spacial score (nSPS) is 12.2. The number of quaternary nitrogens is 1. The number of ether oxygens (including phenoxy) is 1. The van der Waals surface area contributed by atoms with Crippen LogP contribution in [-0.4, -0.2) is 37.3 Å². The molecule has 0 heterocycles. The van der Waals surface area contributed by atoms with Crippen LogP contribution in [0.3, 0.4) is 0 Å². The molecule has 14 heavy (non-hydrogen) atoms. The quantitative estimate of drug-likeness (QED) is 0.182. The first-order chi connectivity index (χ1) is 5.94. The maximum absolute atomic E-state index is 10.9. The number of likely N-dealkylation sites (N-methyl/N-ethyl adjacent to an activating group) is 1. The third-order valence-corrected chi connectivity index (χ3v) is 2.04. The number of halogens is 1. The minimum Gasteiger partial charge on any atom is -1.00 e. The van der Waals surface area contributed by atoms with Crippen molar-refractivity contribution in [1.82, 2.24) is 0 Å². The molecule has 0 saturated carbocycles. The molecule has 0 aliphatic carbocycles. The Hall–Kier alpha value is -0.800. The number of nitrogens with zero attached hydrogens (tertiary/aromatic N) is 1. The summed E-state index contributed by atoms with van der Waals surface area (Å²) < 4.78 is 5.66. The van der Waals surface area contributed by atoms with Crippen LogP contribution in [0.15, 0.2) is 25.3 Å². The minimum atomic E-state index is -0.386. The highest BCUT2D eigenvalue weighted by Gasteiger charge is 2.24. The van der Waals surface area contributed by atoms with Crippen molar-refractivity contribution in [2.75, 3.05) is 20.6 Å². The van der Waals surface area contributed by atoms with Gasteiger partial charge in [-0.25, -0.2) is 4.79 Å². The van der Waals surface area contributed by atoms with Gasteiger partial charge in [0.05, 0.1) is 20.6 Å². The lowest BCUT2D eigenvalue weighted by Crippen LogP contribution is -3.00. The first kappa shape index (κ1) is 15.7. The molecular formula is C10H18ClNO2. The highest BCUT2D eigenvalue weighted by atomic mass is 35.5. The maximum atomic E-state index is 10.9. The smallest absolute Gasteiger partial charge is 0.334 e. The van der Waals surface area contributed by atoms with Crippen molar-refractivity contribution in [3.8, 4) is 0 Å². The van der Waals surface area contributed by atoms with Gasteiger partial charge in [-0.1, -0.05) is 13.2 Å². The monoisotopic (exact) mass is 219 g/mol. The fourth-order valence-corrected chi connectivity index (χ4v) is 0.840. The summed E-state index contributed by atoms with van der Waals surface area (Å²) in [5.74, 6) is -0.386. The van der Waals surface area contributed by atoms with Crippen LogP contribution in [0.25, 0.3) is 0 Å². The fourth-order valence-electron chi connectivity index (χ4n) is 0.840. The predicted molar refractivity (Wildman–Crippen MR) is 52.9 cm³/mol. The van der Waals surface area contributed by atoms with Gasteiger partial charge in [0.25, 0.3) is 0 Å². The topological polar surface area (TPSA) is 26.3 Å². The van der Waals surface area contributed by atoms with Gasteiger partial charge in [-0.15, -0.1) is 0 Å². The molecule has 0 aromatic carbocycles. The van der Waals surface area contributed by atoms with E-state index in [1.54, 1.807) is 6.08 Å². The Bertz CT molecular complexity index is 214. The second kappa shape index (κ2) is 6.62. The van der Waals surface area contributed by atoms with Gasteiger partial charge >= 0.3 is 5.97 Å². The summed E-state index contributed by atoms with van der Waals surface area (Å²) in [5, 5.41) is 0. The summed E-state index contributed by atoms with van der Waals surface area (Å²) in [6.07, 6.45) is 2.78. The van der Waals surface area contributed by atoms with Gasteiger partial charge in [0, 0.05) is 13.0 Å². The van der Waals surface area contributed by atoms with Crippen molar-refractivity contribution in [1.29, 1.82) is 0 Å². The molecule has 0 bridgehead atoms. The first-order valence-electron chi connectivity index (χ1n) is 4.20. The van der Waals surface area contributed by atoms with E-state index in [-0.39, 0.29) is 24.6 Å². The Morgan fingerprint density at radius 1 is 1.50 bits per heavy atom. The Morgan fingerprint density at radius 3 is 2.36 bits per heavy atom. The molecule has 1 atom stereocenters. The molecule has 0 fully saturated rings. The van der Waals surface area contributed by atoms with Crippen LogP contribution in [0.2, 0.25) is 0 Å². The standard InChI is InChI=1S/C10H18NO2.ClH/c1-6-8-11(4,5)9(3)13-10(12)7-2;/h6-7,9H,1-2,8H2,3-5H3;1H/q+1;/p-1. The summed E-state index contributed by atoms with van der Waals surface area (Å²) in [5.41, 5.74) is 0. The lowest BCUT2D eigenvalue weighted by atomic mass is 10.4.